The van der Waals surface area contributed by atoms with Gasteiger partial charge in [0.05, 0.1) is 17.1 Å². The van der Waals surface area contributed by atoms with Gasteiger partial charge in [0.25, 0.3) is 0 Å². The van der Waals surface area contributed by atoms with E-state index in [0.717, 1.165) is 6.07 Å². The van der Waals surface area contributed by atoms with Crippen molar-refractivity contribution in [1.29, 1.82) is 0 Å². The van der Waals surface area contributed by atoms with Gasteiger partial charge in [0, 0.05) is 6.20 Å². The second-order valence-electron chi connectivity index (χ2n) is 4.77. The summed E-state index contributed by atoms with van der Waals surface area (Å²) in [6.45, 7) is 0. The highest BCUT2D eigenvalue weighted by Gasteiger charge is 2.40. The number of carbonyl (C=O) groups is 1. The van der Waals surface area contributed by atoms with Gasteiger partial charge in [-0.05, 0) is 24.3 Å². The van der Waals surface area contributed by atoms with Gasteiger partial charge in [0.2, 0.25) is 0 Å². The fourth-order valence-electron chi connectivity index (χ4n) is 2.42. The Labute approximate surface area is 134 Å². The Bertz CT molecular complexity index is 751. The van der Waals surface area contributed by atoms with Crippen molar-refractivity contribution in [1.82, 2.24) is 4.98 Å². The molecular weight excluding hydrogens is 333 g/mol. The topological polar surface area (TPSA) is 42.4 Å². The monoisotopic (exact) mass is 342 g/mol. The minimum Gasteiger partial charge on any atom is -0.436 e. The van der Waals surface area contributed by atoms with E-state index in [4.69, 9.17) is 16.3 Å². The maximum atomic E-state index is 13.3. The highest BCUT2D eigenvalue weighted by Crippen LogP contribution is 2.42. The molecule has 3 rings (SSSR count). The number of hydrogen-bond acceptors (Lipinski definition) is 4. The van der Waals surface area contributed by atoms with Crippen LogP contribution in [0.25, 0.3) is 0 Å². The first-order valence-corrected chi connectivity index (χ1v) is 7.14. The Morgan fingerprint density at radius 1 is 1.22 bits per heavy atom. The summed E-state index contributed by atoms with van der Waals surface area (Å²) in [7, 11) is 0. The lowest BCUT2D eigenvalue weighted by Gasteiger charge is -2.36. The minimum atomic E-state index is -4.57. The van der Waals surface area contributed by atoms with Crippen LogP contribution in [0.2, 0.25) is 0 Å². The third kappa shape index (κ3) is 2.72. The van der Waals surface area contributed by atoms with Gasteiger partial charge in [-0.3, -0.25) is 4.90 Å². The van der Waals surface area contributed by atoms with Crippen LogP contribution in [0.15, 0.2) is 42.6 Å². The number of ether oxygens (including phenoxy) is 1. The number of pyridine rings is 1. The van der Waals surface area contributed by atoms with E-state index >= 15 is 0 Å². The molecule has 23 heavy (non-hydrogen) atoms. The van der Waals surface area contributed by atoms with Gasteiger partial charge in [0.1, 0.15) is 5.56 Å². The molecule has 8 heteroatoms. The number of nitrogens with zero attached hydrogens (tertiary/aromatic N) is 2. The van der Waals surface area contributed by atoms with Crippen LogP contribution >= 0.6 is 11.6 Å². The molecule has 1 aromatic carbocycles. The van der Waals surface area contributed by atoms with Gasteiger partial charge < -0.3 is 4.74 Å². The zero-order chi connectivity index (χ0) is 16.6. The summed E-state index contributed by atoms with van der Waals surface area (Å²) in [5, 5.41) is 0. The second-order valence-corrected chi connectivity index (χ2v) is 5.08. The Balaban J connectivity index is 2.22. The van der Waals surface area contributed by atoms with E-state index in [0.29, 0.717) is 0 Å². The maximum Gasteiger partial charge on any atom is 0.418 e. The molecule has 0 radical (unpaired) electrons. The van der Waals surface area contributed by atoms with Gasteiger partial charge in [-0.15, -0.1) is 11.6 Å². The number of esters is 1. The van der Waals surface area contributed by atoms with Gasteiger partial charge in [-0.25, -0.2) is 9.78 Å². The number of anilines is 2. The van der Waals surface area contributed by atoms with E-state index in [1.54, 1.807) is 0 Å². The molecule has 2 heterocycles. The number of carbonyl (C=O) groups excluding carboxylic acids is 1. The molecule has 1 aliphatic heterocycles. The molecule has 0 N–H and O–H groups in total. The van der Waals surface area contributed by atoms with Crippen LogP contribution in [0.3, 0.4) is 0 Å². The molecular formula is C15H10ClF3N2O2. The summed E-state index contributed by atoms with van der Waals surface area (Å²) in [5.74, 6) is -0.779. The van der Waals surface area contributed by atoms with E-state index in [2.05, 4.69) is 4.98 Å². The first-order valence-electron chi connectivity index (χ1n) is 6.61. The Hall–Kier alpha value is -2.28. The molecule has 1 atom stereocenters. The molecule has 1 aromatic heterocycles. The molecule has 4 nitrogen and oxygen atoms in total. The number of cyclic esters (lactones) is 1. The number of benzene rings is 1. The summed E-state index contributed by atoms with van der Waals surface area (Å²) in [6.07, 6.45) is -4.24. The van der Waals surface area contributed by atoms with Crippen molar-refractivity contribution in [3.05, 3.63) is 53.7 Å². The molecule has 0 spiro atoms. The normalized spacial score (nSPS) is 17.7. The van der Waals surface area contributed by atoms with E-state index in [1.165, 1.54) is 41.4 Å². The smallest absolute Gasteiger partial charge is 0.418 e. The molecule has 0 saturated heterocycles. The number of hydrogen-bond donors (Lipinski definition) is 0. The molecule has 1 unspecified atom stereocenters. The lowest BCUT2D eigenvalue weighted by atomic mass is 10.1. The highest BCUT2D eigenvalue weighted by molar-refractivity contribution is 6.18. The number of fused-ring (bicyclic) bond motifs is 1. The van der Waals surface area contributed by atoms with Crippen molar-refractivity contribution in [2.45, 2.75) is 12.4 Å². The molecule has 1 aliphatic rings. The van der Waals surface area contributed by atoms with Gasteiger partial charge in [0.15, 0.2) is 12.0 Å². The molecule has 0 aliphatic carbocycles. The predicted molar refractivity (Wildman–Crippen MR) is 77.7 cm³/mol. The number of halogens is 4. The average Bonchev–Trinajstić information content (AvgIpc) is 2.54. The molecule has 0 bridgehead atoms. The standard InChI is InChI=1S/C15H10ClF3N2O2/c16-8-12-21(11-6-2-1-5-10(11)15(17,18)19)13-9(14(22)23-12)4-3-7-20-13/h1-7,12H,8H2. The van der Waals surface area contributed by atoms with Gasteiger partial charge in [-0.2, -0.15) is 13.2 Å². The van der Waals surface area contributed by atoms with Crippen molar-refractivity contribution in [2.75, 3.05) is 10.8 Å². The van der Waals surface area contributed by atoms with E-state index in [-0.39, 0.29) is 22.9 Å². The third-order valence-electron chi connectivity index (χ3n) is 3.37. The highest BCUT2D eigenvalue weighted by atomic mass is 35.5. The molecule has 120 valence electrons. The van der Waals surface area contributed by atoms with E-state index in [1.807, 2.05) is 0 Å². The van der Waals surface area contributed by atoms with Gasteiger partial charge in [-0.1, -0.05) is 12.1 Å². The largest absolute Gasteiger partial charge is 0.436 e. The SMILES string of the molecule is O=C1OC(CCl)N(c2ccccc2C(F)(F)F)c2ncccc21. The summed E-state index contributed by atoms with van der Waals surface area (Å²) >= 11 is 5.80. The third-order valence-corrected chi connectivity index (χ3v) is 3.63. The van der Waals surface area contributed by atoms with Crippen LogP contribution in [-0.2, 0) is 10.9 Å². The van der Waals surface area contributed by atoms with Crippen molar-refractivity contribution in [2.24, 2.45) is 0 Å². The maximum absolute atomic E-state index is 13.3. The van der Waals surface area contributed by atoms with Crippen LogP contribution < -0.4 is 4.90 Å². The molecule has 0 amide bonds. The quantitative estimate of drug-likeness (QED) is 0.611. The molecule has 0 fully saturated rings. The Morgan fingerprint density at radius 3 is 2.65 bits per heavy atom. The number of para-hydroxylation sites is 1. The van der Waals surface area contributed by atoms with Crippen molar-refractivity contribution >= 4 is 29.1 Å². The van der Waals surface area contributed by atoms with Crippen LogP contribution in [0.5, 0.6) is 0 Å². The molecule has 2 aromatic rings. The number of rotatable bonds is 2. The zero-order valence-corrected chi connectivity index (χ0v) is 12.3. The molecule has 0 saturated carbocycles. The average molecular weight is 343 g/mol. The first kappa shape index (κ1) is 15.6. The lowest BCUT2D eigenvalue weighted by Crippen LogP contribution is -2.43. The lowest BCUT2D eigenvalue weighted by molar-refractivity contribution is -0.137. The predicted octanol–water partition coefficient (Wildman–Crippen LogP) is 3.97. The fraction of sp³-hybridized carbons (Fsp3) is 0.200. The summed E-state index contributed by atoms with van der Waals surface area (Å²) in [4.78, 5) is 17.2. The van der Waals surface area contributed by atoms with Crippen LogP contribution in [0.1, 0.15) is 15.9 Å². The summed E-state index contributed by atoms with van der Waals surface area (Å²) in [5.41, 5.74) is -0.936. The fourth-order valence-corrected chi connectivity index (χ4v) is 2.62. The number of alkyl halides is 4. The van der Waals surface area contributed by atoms with Crippen molar-refractivity contribution < 1.29 is 22.7 Å². The van der Waals surface area contributed by atoms with Gasteiger partial charge >= 0.3 is 12.1 Å². The van der Waals surface area contributed by atoms with E-state index in [9.17, 15) is 18.0 Å². The minimum absolute atomic E-state index is 0.0887. The van der Waals surface area contributed by atoms with Crippen LogP contribution in [0, 0.1) is 0 Å². The zero-order valence-electron chi connectivity index (χ0n) is 11.5. The number of aromatic nitrogens is 1. The van der Waals surface area contributed by atoms with Crippen LogP contribution in [0.4, 0.5) is 24.7 Å². The second kappa shape index (κ2) is 5.73. The summed E-state index contributed by atoms with van der Waals surface area (Å²) < 4.78 is 45.0. The van der Waals surface area contributed by atoms with Crippen molar-refractivity contribution in [3.63, 3.8) is 0 Å². The van der Waals surface area contributed by atoms with Crippen LogP contribution in [-0.4, -0.2) is 23.1 Å². The Kier molecular flexibility index (Phi) is 3.89. The summed E-state index contributed by atoms with van der Waals surface area (Å²) in [6, 6.07) is 7.96. The first-order chi connectivity index (χ1) is 10.9. The Morgan fingerprint density at radius 2 is 1.96 bits per heavy atom. The van der Waals surface area contributed by atoms with E-state index < -0.39 is 23.9 Å². The van der Waals surface area contributed by atoms with Crippen molar-refractivity contribution in [3.8, 4) is 0 Å².